The summed E-state index contributed by atoms with van der Waals surface area (Å²) in [6.07, 6.45) is 1.85. The molecule has 3 aromatic carbocycles. The van der Waals surface area contributed by atoms with E-state index < -0.39 is 0 Å². The van der Waals surface area contributed by atoms with E-state index in [0.29, 0.717) is 11.5 Å². The summed E-state index contributed by atoms with van der Waals surface area (Å²) in [5.74, 6) is 3.01. The smallest absolute Gasteiger partial charge is 0.230 e. The Morgan fingerprint density at radius 2 is 1.68 bits per heavy atom. The highest BCUT2D eigenvalue weighted by molar-refractivity contribution is 6.21. The summed E-state index contributed by atoms with van der Waals surface area (Å²) in [6.45, 7) is 0.218. The van der Waals surface area contributed by atoms with Gasteiger partial charge in [0.15, 0.2) is 11.5 Å². The Kier molecular flexibility index (Phi) is 2.91. The van der Waals surface area contributed by atoms with Gasteiger partial charge < -0.3 is 18.9 Å². The molecular formula is C20H15NO4. The van der Waals surface area contributed by atoms with Gasteiger partial charge >= 0.3 is 0 Å². The summed E-state index contributed by atoms with van der Waals surface area (Å²) in [7, 11) is 3.27. The molecule has 0 saturated carbocycles. The maximum atomic E-state index is 5.69. The SMILES string of the molecule is COc1cc2cnc3cc4c5c(cccc5c3c2cc1OC)OCO4. The van der Waals surface area contributed by atoms with Crippen molar-refractivity contribution >= 4 is 32.4 Å². The summed E-state index contributed by atoms with van der Waals surface area (Å²) in [6, 6.07) is 11.9. The second kappa shape index (κ2) is 5.14. The monoisotopic (exact) mass is 333 g/mol. The molecule has 5 rings (SSSR count). The van der Waals surface area contributed by atoms with Crippen molar-refractivity contribution in [2.24, 2.45) is 0 Å². The minimum absolute atomic E-state index is 0.218. The lowest BCUT2D eigenvalue weighted by Gasteiger charge is -2.20. The number of hydrogen-bond donors (Lipinski definition) is 0. The molecule has 0 N–H and O–H groups in total. The van der Waals surface area contributed by atoms with Crippen molar-refractivity contribution in [1.29, 1.82) is 0 Å². The zero-order valence-corrected chi connectivity index (χ0v) is 13.8. The first kappa shape index (κ1) is 14.2. The minimum Gasteiger partial charge on any atom is -0.493 e. The van der Waals surface area contributed by atoms with E-state index in [0.717, 1.165) is 43.9 Å². The molecule has 0 bridgehead atoms. The average Bonchev–Trinajstić information content (AvgIpc) is 2.67. The van der Waals surface area contributed by atoms with Crippen LogP contribution < -0.4 is 18.9 Å². The number of pyridine rings is 1. The van der Waals surface area contributed by atoms with E-state index in [2.05, 4.69) is 11.1 Å². The topological polar surface area (TPSA) is 49.8 Å². The molecule has 0 fully saturated rings. The average molecular weight is 333 g/mol. The summed E-state index contributed by atoms with van der Waals surface area (Å²) >= 11 is 0. The molecule has 0 spiro atoms. The van der Waals surface area contributed by atoms with Gasteiger partial charge in [-0.1, -0.05) is 12.1 Å². The van der Waals surface area contributed by atoms with Gasteiger partial charge in [-0.05, 0) is 29.0 Å². The van der Waals surface area contributed by atoms with Crippen molar-refractivity contribution in [2.45, 2.75) is 0 Å². The highest BCUT2D eigenvalue weighted by Crippen LogP contribution is 2.44. The second-order valence-corrected chi connectivity index (χ2v) is 5.91. The Hall–Kier alpha value is -3.21. The van der Waals surface area contributed by atoms with Crippen LogP contribution in [0.3, 0.4) is 0 Å². The Balaban J connectivity index is 2.00. The molecular weight excluding hydrogens is 318 g/mol. The van der Waals surface area contributed by atoms with Crippen LogP contribution in [-0.4, -0.2) is 26.0 Å². The summed E-state index contributed by atoms with van der Waals surface area (Å²) in [5.41, 5.74) is 0.876. The number of fused-ring (bicyclic) bond motifs is 4. The highest BCUT2D eigenvalue weighted by Gasteiger charge is 2.19. The zero-order valence-electron chi connectivity index (χ0n) is 13.8. The lowest BCUT2D eigenvalue weighted by Crippen LogP contribution is -2.11. The lowest BCUT2D eigenvalue weighted by atomic mass is 9.98. The summed E-state index contributed by atoms with van der Waals surface area (Å²) < 4.78 is 22.2. The second-order valence-electron chi connectivity index (χ2n) is 5.91. The van der Waals surface area contributed by atoms with Crippen molar-refractivity contribution in [2.75, 3.05) is 21.0 Å². The van der Waals surface area contributed by atoms with E-state index in [1.807, 2.05) is 36.5 Å². The maximum Gasteiger partial charge on any atom is 0.230 e. The van der Waals surface area contributed by atoms with Crippen LogP contribution >= 0.6 is 0 Å². The van der Waals surface area contributed by atoms with E-state index in [9.17, 15) is 0 Å². The van der Waals surface area contributed by atoms with Crippen LogP contribution in [0.15, 0.2) is 42.6 Å². The predicted octanol–water partition coefficient (Wildman–Crippen LogP) is 4.29. The molecule has 1 aromatic heterocycles. The molecule has 0 amide bonds. The van der Waals surface area contributed by atoms with Crippen molar-refractivity contribution in [3.63, 3.8) is 0 Å². The standard InChI is InChI=1S/C20H15NO4/c1-22-16-6-11-9-21-14-8-18-20-12(4-3-5-15(20)24-10-25-18)19(14)13(11)7-17(16)23-2/h3-9H,10H2,1-2H3. The van der Waals surface area contributed by atoms with Crippen LogP contribution in [0.4, 0.5) is 0 Å². The van der Waals surface area contributed by atoms with Crippen LogP contribution in [0.5, 0.6) is 23.0 Å². The third kappa shape index (κ3) is 1.92. The highest BCUT2D eigenvalue weighted by atomic mass is 16.7. The molecule has 2 heterocycles. The minimum atomic E-state index is 0.218. The Morgan fingerprint density at radius 3 is 2.52 bits per heavy atom. The van der Waals surface area contributed by atoms with Gasteiger partial charge in [-0.2, -0.15) is 0 Å². The molecule has 1 aliphatic rings. The zero-order chi connectivity index (χ0) is 17.0. The fraction of sp³-hybridized carbons (Fsp3) is 0.150. The first-order chi connectivity index (χ1) is 12.3. The van der Waals surface area contributed by atoms with Gasteiger partial charge in [0.25, 0.3) is 0 Å². The number of benzene rings is 3. The molecule has 0 atom stereocenters. The number of aromatic nitrogens is 1. The molecule has 1 aliphatic heterocycles. The van der Waals surface area contributed by atoms with Gasteiger partial charge in [-0.25, -0.2) is 0 Å². The largest absolute Gasteiger partial charge is 0.493 e. The fourth-order valence-electron chi connectivity index (χ4n) is 3.53. The third-order valence-electron chi connectivity index (χ3n) is 4.66. The predicted molar refractivity (Wildman–Crippen MR) is 96.0 cm³/mol. The number of nitrogens with zero attached hydrogens (tertiary/aromatic N) is 1. The number of rotatable bonds is 2. The first-order valence-electron chi connectivity index (χ1n) is 7.96. The van der Waals surface area contributed by atoms with Gasteiger partial charge in [0.05, 0.1) is 25.1 Å². The van der Waals surface area contributed by atoms with E-state index in [4.69, 9.17) is 18.9 Å². The lowest BCUT2D eigenvalue weighted by molar-refractivity contribution is 0.112. The molecule has 0 radical (unpaired) electrons. The van der Waals surface area contributed by atoms with Crippen LogP contribution in [0, 0.1) is 0 Å². The fourth-order valence-corrected chi connectivity index (χ4v) is 3.53. The van der Waals surface area contributed by atoms with Crippen molar-refractivity contribution < 1.29 is 18.9 Å². The van der Waals surface area contributed by atoms with Crippen molar-refractivity contribution in [3.8, 4) is 23.0 Å². The molecule has 124 valence electrons. The third-order valence-corrected chi connectivity index (χ3v) is 4.66. The molecule has 0 unspecified atom stereocenters. The van der Waals surface area contributed by atoms with E-state index >= 15 is 0 Å². The van der Waals surface area contributed by atoms with Crippen LogP contribution in [0.25, 0.3) is 32.4 Å². The van der Waals surface area contributed by atoms with Crippen LogP contribution in [0.2, 0.25) is 0 Å². The molecule has 4 aromatic rings. The first-order valence-corrected chi connectivity index (χ1v) is 7.96. The molecule has 25 heavy (non-hydrogen) atoms. The van der Waals surface area contributed by atoms with Crippen LogP contribution in [0.1, 0.15) is 0 Å². The number of ether oxygens (including phenoxy) is 4. The summed E-state index contributed by atoms with van der Waals surface area (Å²) in [4.78, 5) is 4.64. The Morgan fingerprint density at radius 1 is 0.880 bits per heavy atom. The van der Waals surface area contributed by atoms with Gasteiger partial charge in [0.1, 0.15) is 11.5 Å². The van der Waals surface area contributed by atoms with Gasteiger partial charge in [0, 0.05) is 23.0 Å². The van der Waals surface area contributed by atoms with E-state index in [-0.39, 0.29) is 6.79 Å². The number of methoxy groups -OCH3 is 2. The summed E-state index contributed by atoms with van der Waals surface area (Å²) in [5, 5.41) is 5.12. The molecule has 5 heteroatoms. The normalized spacial score (nSPS) is 12.9. The van der Waals surface area contributed by atoms with Crippen molar-refractivity contribution in [1.82, 2.24) is 4.98 Å². The van der Waals surface area contributed by atoms with E-state index in [1.165, 1.54) is 0 Å². The van der Waals surface area contributed by atoms with Crippen LogP contribution in [-0.2, 0) is 0 Å². The molecule has 0 aliphatic carbocycles. The quantitative estimate of drug-likeness (QED) is 0.512. The van der Waals surface area contributed by atoms with E-state index in [1.54, 1.807) is 14.2 Å². The molecule has 5 nitrogen and oxygen atoms in total. The maximum absolute atomic E-state index is 5.69. The van der Waals surface area contributed by atoms with Gasteiger partial charge in [-0.3, -0.25) is 4.98 Å². The van der Waals surface area contributed by atoms with Gasteiger partial charge in [0.2, 0.25) is 6.79 Å². The van der Waals surface area contributed by atoms with Crippen molar-refractivity contribution in [3.05, 3.63) is 42.6 Å². The number of hydrogen-bond acceptors (Lipinski definition) is 5. The Bertz CT molecular complexity index is 1150. The van der Waals surface area contributed by atoms with Gasteiger partial charge in [-0.15, -0.1) is 0 Å². The molecule has 0 saturated heterocycles. The Labute approximate surface area is 143 Å².